The van der Waals surface area contributed by atoms with Crippen LogP contribution >= 0.6 is 0 Å². The highest BCUT2D eigenvalue weighted by molar-refractivity contribution is 7.89. The van der Waals surface area contributed by atoms with E-state index in [4.69, 9.17) is 4.74 Å². The Bertz CT molecular complexity index is 651. The van der Waals surface area contributed by atoms with Gasteiger partial charge in [0.05, 0.1) is 9.82 Å². The van der Waals surface area contributed by atoms with Gasteiger partial charge in [-0.05, 0) is 25.0 Å². The Labute approximate surface area is 123 Å². The maximum Gasteiger partial charge on any atom is 0.312 e. The third-order valence-corrected chi connectivity index (χ3v) is 5.08. The maximum absolute atomic E-state index is 12.4. The van der Waals surface area contributed by atoms with Crippen LogP contribution in [0.1, 0.15) is 12.8 Å². The summed E-state index contributed by atoms with van der Waals surface area (Å²) in [5, 5.41) is 11.1. The van der Waals surface area contributed by atoms with Gasteiger partial charge in [0.2, 0.25) is 10.0 Å². The molecule has 8 heteroatoms. The molecule has 2 rings (SSSR count). The molecule has 0 aliphatic carbocycles. The Kier molecular flexibility index (Phi) is 4.59. The molecule has 1 aromatic rings. The summed E-state index contributed by atoms with van der Waals surface area (Å²) >= 11 is 0. The van der Waals surface area contributed by atoms with Crippen molar-refractivity contribution in [2.45, 2.75) is 17.7 Å². The molecule has 21 heavy (non-hydrogen) atoms. The molecular weight excluding hydrogens is 296 g/mol. The molecule has 1 saturated heterocycles. The molecule has 0 N–H and O–H groups in total. The van der Waals surface area contributed by atoms with E-state index in [-0.39, 0.29) is 22.9 Å². The number of nitrogens with zero attached hydrogens (tertiary/aromatic N) is 2. The first-order valence-electron chi connectivity index (χ1n) is 6.49. The average Bonchev–Trinajstić information content (AvgIpc) is 2.99. The fraction of sp³-hybridized carbons (Fsp3) is 0.385. The molecule has 0 radical (unpaired) electrons. The second-order valence-electron chi connectivity index (χ2n) is 4.60. The summed E-state index contributed by atoms with van der Waals surface area (Å²) in [7, 11) is -3.68. The molecule has 1 aliphatic rings. The van der Waals surface area contributed by atoms with Crippen molar-refractivity contribution in [2.75, 3.05) is 19.7 Å². The maximum atomic E-state index is 12.4. The minimum Gasteiger partial charge on any atom is -0.483 e. The SMILES string of the molecule is C=CCOc1ccc(S(=O)(=O)N2CCCC2)cc1[N+](=O)[O-]. The fourth-order valence-corrected chi connectivity index (χ4v) is 3.69. The third kappa shape index (κ3) is 3.22. The van der Waals surface area contributed by atoms with Gasteiger partial charge in [-0.3, -0.25) is 10.1 Å². The molecule has 0 bridgehead atoms. The van der Waals surface area contributed by atoms with Crippen LogP contribution in [0, 0.1) is 10.1 Å². The predicted molar refractivity (Wildman–Crippen MR) is 76.8 cm³/mol. The summed E-state index contributed by atoms with van der Waals surface area (Å²) in [5.41, 5.74) is -0.364. The van der Waals surface area contributed by atoms with Crippen LogP contribution in [0.2, 0.25) is 0 Å². The van der Waals surface area contributed by atoms with Crippen LogP contribution in [0.3, 0.4) is 0 Å². The van der Waals surface area contributed by atoms with Crippen molar-refractivity contribution in [1.82, 2.24) is 4.31 Å². The standard InChI is InChI=1S/C13H16N2O5S/c1-2-9-20-13-6-5-11(10-12(13)15(16)17)21(18,19)14-7-3-4-8-14/h2,5-6,10H,1,3-4,7-9H2. The summed E-state index contributed by atoms with van der Waals surface area (Å²) in [6.07, 6.45) is 3.07. The second-order valence-corrected chi connectivity index (χ2v) is 6.54. The topological polar surface area (TPSA) is 89.8 Å². The van der Waals surface area contributed by atoms with Crippen LogP contribution in [0.5, 0.6) is 5.75 Å². The van der Waals surface area contributed by atoms with Gasteiger partial charge in [-0.1, -0.05) is 12.7 Å². The van der Waals surface area contributed by atoms with Crippen molar-refractivity contribution in [2.24, 2.45) is 0 Å². The predicted octanol–water partition coefficient (Wildman–Crippen LogP) is 1.94. The van der Waals surface area contributed by atoms with Gasteiger partial charge >= 0.3 is 5.69 Å². The van der Waals surface area contributed by atoms with Crippen molar-refractivity contribution in [3.8, 4) is 5.75 Å². The molecule has 1 heterocycles. The zero-order valence-electron chi connectivity index (χ0n) is 11.4. The lowest BCUT2D eigenvalue weighted by Crippen LogP contribution is -2.27. The number of benzene rings is 1. The Morgan fingerprint density at radius 3 is 2.62 bits per heavy atom. The second kappa shape index (κ2) is 6.23. The molecule has 0 atom stereocenters. The number of sulfonamides is 1. The van der Waals surface area contributed by atoms with Crippen LogP contribution in [-0.2, 0) is 10.0 Å². The molecule has 0 amide bonds. The summed E-state index contributed by atoms with van der Waals surface area (Å²) in [4.78, 5) is 10.3. The lowest BCUT2D eigenvalue weighted by Gasteiger charge is -2.15. The zero-order chi connectivity index (χ0) is 15.5. The van der Waals surface area contributed by atoms with Gasteiger partial charge in [0.1, 0.15) is 6.61 Å². The van der Waals surface area contributed by atoms with Crippen LogP contribution in [0.4, 0.5) is 5.69 Å². The smallest absolute Gasteiger partial charge is 0.312 e. The summed E-state index contributed by atoms with van der Waals surface area (Å²) in [6.45, 7) is 4.47. The van der Waals surface area contributed by atoms with E-state index in [1.54, 1.807) is 0 Å². The number of rotatable bonds is 6. The summed E-state index contributed by atoms with van der Waals surface area (Å²) < 4.78 is 31.3. The van der Waals surface area contributed by atoms with Crippen molar-refractivity contribution in [1.29, 1.82) is 0 Å². The van der Waals surface area contributed by atoms with Gasteiger partial charge in [-0.2, -0.15) is 4.31 Å². The van der Waals surface area contributed by atoms with Gasteiger partial charge < -0.3 is 4.74 Å². The van der Waals surface area contributed by atoms with Crippen LogP contribution in [0.25, 0.3) is 0 Å². The van der Waals surface area contributed by atoms with E-state index >= 15 is 0 Å². The van der Waals surface area contributed by atoms with Gasteiger partial charge in [-0.25, -0.2) is 8.42 Å². The van der Waals surface area contributed by atoms with Gasteiger partial charge in [0, 0.05) is 19.2 Å². The fourth-order valence-electron chi connectivity index (χ4n) is 2.15. The summed E-state index contributed by atoms with van der Waals surface area (Å²) in [6, 6.07) is 3.69. The first-order valence-corrected chi connectivity index (χ1v) is 7.93. The average molecular weight is 312 g/mol. The number of ether oxygens (including phenoxy) is 1. The molecule has 0 spiro atoms. The van der Waals surface area contributed by atoms with Gasteiger partial charge in [0.15, 0.2) is 5.75 Å². The Hall–Kier alpha value is -1.93. The molecule has 1 fully saturated rings. The highest BCUT2D eigenvalue weighted by Crippen LogP contribution is 2.31. The van der Waals surface area contributed by atoms with E-state index in [1.807, 2.05) is 0 Å². The molecule has 0 unspecified atom stereocenters. The highest BCUT2D eigenvalue weighted by Gasteiger charge is 2.29. The Balaban J connectivity index is 2.39. The van der Waals surface area contributed by atoms with E-state index in [2.05, 4.69) is 6.58 Å². The number of hydrogen-bond donors (Lipinski definition) is 0. The normalized spacial score (nSPS) is 15.8. The van der Waals surface area contributed by atoms with E-state index < -0.39 is 14.9 Å². The monoisotopic (exact) mass is 312 g/mol. The minimum absolute atomic E-state index is 0.0280. The van der Waals surface area contributed by atoms with Crippen LogP contribution < -0.4 is 4.74 Å². The molecule has 1 aromatic carbocycles. The lowest BCUT2D eigenvalue weighted by molar-refractivity contribution is -0.386. The van der Waals surface area contributed by atoms with Gasteiger partial charge in [-0.15, -0.1) is 0 Å². The molecular formula is C13H16N2O5S. The molecule has 114 valence electrons. The minimum atomic E-state index is -3.68. The molecule has 7 nitrogen and oxygen atoms in total. The van der Waals surface area contributed by atoms with E-state index in [0.29, 0.717) is 13.1 Å². The Morgan fingerprint density at radius 2 is 2.05 bits per heavy atom. The molecule has 0 aromatic heterocycles. The number of nitro groups is 1. The summed E-state index contributed by atoms with van der Waals surface area (Å²) in [5.74, 6) is 0.0280. The van der Waals surface area contributed by atoms with Crippen LogP contribution in [0.15, 0.2) is 35.7 Å². The van der Waals surface area contributed by atoms with Crippen molar-refractivity contribution < 1.29 is 18.1 Å². The molecule has 0 saturated carbocycles. The van der Waals surface area contributed by atoms with Crippen LogP contribution in [-0.4, -0.2) is 37.3 Å². The van der Waals surface area contributed by atoms with Crippen molar-refractivity contribution in [3.63, 3.8) is 0 Å². The number of hydrogen-bond acceptors (Lipinski definition) is 5. The quantitative estimate of drug-likeness (QED) is 0.455. The van der Waals surface area contributed by atoms with Gasteiger partial charge in [0.25, 0.3) is 0 Å². The van der Waals surface area contributed by atoms with E-state index in [9.17, 15) is 18.5 Å². The lowest BCUT2D eigenvalue weighted by atomic mass is 10.3. The first-order chi connectivity index (χ1) is 9.96. The van der Waals surface area contributed by atoms with E-state index in [0.717, 1.165) is 18.9 Å². The van der Waals surface area contributed by atoms with Crippen molar-refractivity contribution in [3.05, 3.63) is 41.0 Å². The number of nitro benzene ring substituents is 1. The largest absolute Gasteiger partial charge is 0.483 e. The Morgan fingerprint density at radius 1 is 1.38 bits per heavy atom. The van der Waals surface area contributed by atoms with E-state index in [1.165, 1.54) is 22.5 Å². The zero-order valence-corrected chi connectivity index (χ0v) is 12.2. The first kappa shape index (κ1) is 15.5. The van der Waals surface area contributed by atoms with Crippen molar-refractivity contribution >= 4 is 15.7 Å². The third-order valence-electron chi connectivity index (χ3n) is 3.19. The molecule has 1 aliphatic heterocycles. The highest BCUT2D eigenvalue weighted by atomic mass is 32.2.